The second-order valence-electron chi connectivity index (χ2n) is 6.64. The molecule has 2 atom stereocenters. The maximum absolute atomic E-state index is 13.1. The first-order valence-electron chi connectivity index (χ1n) is 8.66. The SMILES string of the molecule is CC(c1ccc(F)cc1)N1CC(c2noc(-c3ccc(F)cc3)n2)CC1=O. The Hall–Kier alpha value is -3.09. The number of amides is 1. The average Bonchev–Trinajstić information content (AvgIpc) is 3.29. The van der Waals surface area contributed by atoms with Crippen LogP contribution < -0.4 is 0 Å². The number of hydrogen-bond acceptors (Lipinski definition) is 4. The van der Waals surface area contributed by atoms with E-state index in [0.29, 0.717) is 23.8 Å². The number of nitrogens with zero attached hydrogens (tertiary/aromatic N) is 3. The van der Waals surface area contributed by atoms with Crippen molar-refractivity contribution in [2.24, 2.45) is 0 Å². The first-order chi connectivity index (χ1) is 13.0. The van der Waals surface area contributed by atoms with Gasteiger partial charge in [-0.3, -0.25) is 4.79 Å². The van der Waals surface area contributed by atoms with Crippen LogP contribution in [0.4, 0.5) is 8.78 Å². The molecule has 0 N–H and O–H groups in total. The smallest absolute Gasteiger partial charge is 0.257 e. The summed E-state index contributed by atoms with van der Waals surface area (Å²) >= 11 is 0. The lowest BCUT2D eigenvalue weighted by atomic mass is 10.1. The molecule has 1 aromatic heterocycles. The summed E-state index contributed by atoms with van der Waals surface area (Å²) in [4.78, 5) is 18.6. The van der Waals surface area contributed by atoms with E-state index in [1.54, 1.807) is 29.2 Å². The fraction of sp³-hybridized carbons (Fsp3) is 0.250. The van der Waals surface area contributed by atoms with Gasteiger partial charge in [0.1, 0.15) is 11.6 Å². The maximum Gasteiger partial charge on any atom is 0.257 e. The highest BCUT2D eigenvalue weighted by Gasteiger charge is 2.36. The van der Waals surface area contributed by atoms with Crippen LogP contribution in [0.5, 0.6) is 0 Å². The van der Waals surface area contributed by atoms with Gasteiger partial charge in [-0.2, -0.15) is 4.98 Å². The molecule has 1 aliphatic rings. The number of aromatic nitrogens is 2. The minimum absolute atomic E-state index is 0.00930. The minimum atomic E-state index is -0.342. The van der Waals surface area contributed by atoms with Crippen molar-refractivity contribution in [2.45, 2.75) is 25.3 Å². The zero-order valence-corrected chi connectivity index (χ0v) is 14.6. The molecule has 1 aliphatic heterocycles. The van der Waals surface area contributed by atoms with Crippen LogP contribution in [0.25, 0.3) is 11.5 Å². The molecule has 1 fully saturated rings. The molecule has 138 valence electrons. The maximum atomic E-state index is 13.1. The second-order valence-corrected chi connectivity index (χ2v) is 6.64. The van der Waals surface area contributed by atoms with E-state index in [9.17, 15) is 13.6 Å². The summed E-state index contributed by atoms with van der Waals surface area (Å²) < 4.78 is 31.4. The lowest BCUT2D eigenvalue weighted by molar-refractivity contribution is -0.129. The van der Waals surface area contributed by atoms with Gasteiger partial charge in [-0.15, -0.1) is 0 Å². The molecule has 0 bridgehead atoms. The molecule has 2 heterocycles. The van der Waals surface area contributed by atoms with Gasteiger partial charge in [0.05, 0.1) is 6.04 Å². The van der Waals surface area contributed by atoms with Crippen LogP contribution in [0.1, 0.15) is 36.7 Å². The number of benzene rings is 2. The summed E-state index contributed by atoms with van der Waals surface area (Å²) in [6.07, 6.45) is 0.286. The van der Waals surface area contributed by atoms with Crippen molar-refractivity contribution in [3.63, 3.8) is 0 Å². The molecule has 3 aromatic rings. The van der Waals surface area contributed by atoms with Crippen LogP contribution in [-0.4, -0.2) is 27.5 Å². The molecule has 5 nitrogen and oxygen atoms in total. The van der Waals surface area contributed by atoms with E-state index in [1.807, 2.05) is 6.92 Å². The van der Waals surface area contributed by atoms with Crippen molar-refractivity contribution in [2.75, 3.05) is 6.54 Å². The fourth-order valence-electron chi connectivity index (χ4n) is 3.31. The zero-order valence-electron chi connectivity index (χ0n) is 14.6. The highest BCUT2D eigenvalue weighted by Crippen LogP contribution is 2.33. The monoisotopic (exact) mass is 369 g/mol. The van der Waals surface area contributed by atoms with E-state index in [1.165, 1.54) is 24.3 Å². The van der Waals surface area contributed by atoms with Crippen LogP contribution in [0.2, 0.25) is 0 Å². The molecule has 0 aliphatic carbocycles. The number of carbonyl (C=O) groups excluding carboxylic acids is 1. The summed E-state index contributed by atoms with van der Waals surface area (Å²) in [6, 6.07) is 11.7. The van der Waals surface area contributed by atoms with Gasteiger partial charge < -0.3 is 9.42 Å². The van der Waals surface area contributed by atoms with Gasteiger partial charge in [-0.25, -0.2) is 8.78 Å². The molecule has 0 saturated carbocycles. The van der Waals surface area contributed by atoms with E-state index in [0.717, 1.165) is 5.56 Å². The van der Waals surface area contributed by atoms with E-state index in [4.69, 9.17) is 4.52 Å². The normalized spacial score (nSPS) is 18.1. The predicted octanol–water partition coefficient (Wildman–Crippen LogP) is 4.09. The Morgan fingerprint density at radius 2 is 1.70 bits per heavy atom. The molecule has 27 heavy (non-hydrogen) atoms. The number of hydrogen-bond donors (Lipinski definition) is 0. The van der Waals surface area contributed by atoms with Crippen molar-refractivity contribution in [1.29, 1.82) is 0 Å². The van der Waals surface area contributed by atoms with Crippen molar-refractivity contribution in [3.05, 3.63) is 71.6 Å². The van der Waals surface area contributed by atoms with Crippen molar-refractivity contribution in [3.8, 4) is 11.5 Å². The Bertz CT molecular complexity index is 954. The largest absolute Gasteiger partial charge is 0.335 e. The second kappa shape index (κ2) is 6.90. The van der Waals surface area contributed by atoms with Crippen LogP contribution in [0.15, 0.2) is 53.1 Å². The zero-order chi connectivity index (χ0) is 19.0. The van der Waals surface area contributed by atoms with E-state index < -0.39 is 0 Å². The molecule has 0 spiro atoms. The Morgan fingerprint density at radius 3 is 2.37 bits per heavy atom. The summed E-state index contributed by atoms with van der Waals surface area (Å²) in [5, 5.41) is 4.00. The lowest BCUT2D eigenvalue weighted by Crippen LogP contribution is -2.28. The summed E-state index contributed by atoms with van der Waals surface area (Å²) in [5.41, 5.74) is 1.49. The highest BCUT2D eigenvalue weighted by molar-refractivity contribution is 5.80. The predicted molar refractivity (Wildman–Crippen MR) is 93.6 cm³/mol. The van der Waals surface area contributed by atoms with Gasteiger partial charge in [0.15, 0.2) is 5.82 Å². The molecule has 4 rings (SSSR count). The minimum Gasteiger partial charge on any atom is -0.335 e. The summed E-state index contributed by atoms with van der Waals surface area (Å²) in [6.45, 7) is 2.37. The first-order valence-corrected chi connectivity index (χ1v) is 8.66. The van der Waals surface area contributed by atoms with Gasteiger partial charge in [-0.05, 0) is 48.9 Å². The molecule has 0 radical (unpaired) electrons. The number of rotatable bonds is 4. The van der Waals surface area contributed by atoms with E-state index in [-0.39, 0.29) is 35.9 Å². The van der Waals surface area contributed by atoms with E-state index in [2.05, 4.69) is 10.1 Å². The molecule has 2 aromatic carbocycles. The van der Waals surface area contributed by atoms with E-state index >= 15 is 0 Å². The molecule has 2 unspecified atom stereocenters. The first kappa shape index (κ1) is 17.3. The van der Waals surface area contributed by atoms with Crippen LogP contribution >= 0.6 is 0 Å². The Morgan fingerprint density at radius 1 is 1.07 bits per heavy atom. The third-order valence-corrected chi connectivity index (χ3v) is 4.88. The van der Waals surface area contributed by atoms with Gasteiger partial charge in [0, 0.05) is 24.4 Å². The molecular formula is C20H17F2N3O2. The lowest BCUT2D eigenvalue weighted by Gasteiger charge is -2.25. The van der Waals surface area contributed by atoms with Gasteiger partial charge >= 0.3 is 0 Å². The summed E-state index contributed by atoms with van der Waals surface area (Å²) in [7, 11) is 0. The highest BCUT2D eigenvalue weighted by atomic mass is 19.1. The number of likely N-dealkylation sites (tertiary alicyclic amines) is 1. The van der Waals surface area contributed by atoms with Gasteiger partial charge in [-0.1, -0.05) is 17.3 Å². The Balaban J connectivity index is 1.50. The van der Waals surface area contributed by atoms with Crippen LogP contribution in [0, 0.1) is 11.6 Å². The topological polar surface area (TPSA) is 59.2 Å². The van der Waals surface area contributed by atoms with Crippen molar-refractivity contribution >= 4 is 5.91 Å². The quantitative estimate of drug-likeness (QED) is 0.695. The Labute approximate surface area is 154 Å². The summed E-state index contributed by atoms with van der Waals surface area (Å²) in [5.74, 6) is -0.0933. The number of halogens is 2. The van der Waals surface area contributed by atoms with Crippen LogP contribution in [-0.2, 0) is 4.79 Å². The molecule has 1 saturated heterocycles. The number of carbonyl (C=O) groups is 1. The molecular weight excluding hydrogens is 352 g/mol. The average molecular weight is 369 g/mol. The van der Waals surface area contributed by atoms with Crippen molar-refractivity contribution < 1.29 is 18.1 Å². The third-order valence-electron chi connectivity index (χ3n) is 4.88. The third kappa shape index (κ3) is 3.45. The van der Waals surface area contributed by atoms with Gasteiger partial charge in [0.2, 0.25) is 5.91 Å². The van der Waals surface area contributed by atoms with Gasteiger partial charge in [0.25, 0.3) is 5.89 Å². The molecule has 1 amide bonds. The van der Waals surface area contributed by atoms with Crippen LogP contribution in [0.3, 0.4) is 0 Å². The fourth-order valence-corrected chi connectivity index (χ4v) is 3.31. The molecule has 7 heteroatoms. The Kier molecular flexibility index (Phi) is 4.43. The van der Waals surface area contributed by atoms with Crippen molar-refractivity contribution in [1.82, 2.24) is 15.0 Å². The standard InChI is InChI=1S/C20H17F2N3O2/c1-12(13-2-6-16(21)7-3-13)25-11-15(10-18(25)26)19-23-20(27-24-19)14-4-8-17(22)9-5-14/h2-9,12,15H,10-11H2,1H3.